The van der Waals surface area contributed by atoms with E-state index in [-0.39, 0.29) is 5.91 Å². The summed E-state index contributed by atoms with van der Waals surface area (Å²) in [5, 5.41) is 3.49. The van der Waals surface area contributed by atoms with Crippen LogP contribution in [0.1, 0.15) is 47.2 Å². The van der Waals surface area contributed by atoms with E-state index in [2.05, 4.69) is 22.3 Å². The van der Waals surface area contributed by atoms with Crippen LogP contribution in [0.25, 0.3) is 0 Å². The molecule has 1 amide bonds. The summed E-state index contributed by atoms with van der Waals surface area (Å²) in [6.45, 7) is 4.08. The summed E-state index contributed by atoms with van der Waals surface area (Å²) in [5.74, 6) is 0.278. The normalized spacial score (nSPS) is 28.1. The Labute approximate surface area is 126 Å². The summed E-state index contributed by atoms with van der Waals surface area (Å²) >= 11 is 0. The number of carbonyl (C=O) groups is 1. The summed E-state index contributed by atoms with van der Waals surface area (Å²) in [6, 6.07) is 6.30. The molecule has 3 nitrogen and oxygen atoms in total. The van der Waals surface area contributed by atoms with Crippen LogP contribution < -0.4 is 5.32 Å². The first-order valence-electron chi connectivity index (χ1n) is 8.38. The predicted molar refractivity (Wildman–Crippen MR) is 83.5 cm³/mol. The van der Waals surface area contributed by atoms with E-state index in [1.165, 1.54) is 30.4 Å². The van der Waals surface area contributed by atoms with Gasteiger partial charge >= 0.3 is 0 Å². The van der Waals surface area contributed by atoms with E-state index >= 15 is 0 Å². The molecule has 2 aliphatic heterocycles. The zero-order valence-corrected chi connectivity index (χ0v) is 12.7. The van der Waals surface area contributed by atoms with Gasteiger partial charge in [0.05, 0.1) is 0 Å². The van der Waals surface area contributed by atoms with Crippen molar-refractivity contribution in [3.63, 3.8) is 0 Å². The monoisotopic (exact) mass is 284 g/mol. The van der Waals surface area contributed by atoms with Gasteiger partial charge in [0.15, 0.2) is 0 Å². The van der Waals surface area contributed by atoms with Gasteiger partial charge in [-0.1, -0.05) is 12.1 Å². The summed E-state index contributed by atoms with van der Waals surface area (Å²) in [5.41, 5.74) is 4.06. The lowest BCUT2D eigenvalue weighted by atomic mass is 9.79. The second-order valence-electron chi connectivity index (χ2n) is 7.05. The Morgan fingerprint density at radius 3 is 3.00 bits per heavy atom. The maximum Gasteiger partial charge on any atom is 0.254 e. The van der Waals surface area contributed by atoms with Crippen molar-refractivity contribution in [2.75, 3.05) is 26.2 Å². The van der Waals surface area contributed by atoms with Crippen LogP contribution in [0.5, 0.6) is 0 Å². The van der Waals surface area contributed by atoms with Crippen molar-refractivity contribution < 1.29 is 4.79 Å². The average Bonchev–Trinajstić information content (AvgIpc) is 3.15. The lowest BCUT2D eigenvalue weighted by Gasteiger charge is -2.40. The highest BCUT2D eigenvalue weighted by molar-refractivity contribution is 5.96. The van der Waals surface area contributed by atoms with E-state index in [9.17, 15) is 4.79 Å². The molecule has 1 N–H and O–H groups in total. The first-order chi connectivity index (χ1) is 10.3. The van der Waals surface area contributed by atoms with Crippen LogP contribution in [0.4, 0.5) is 0 Å². The summed E-state index contributed by atoms with van der Waals surface area (Å²) in [6.07, 6.45) is 7.08. The fourth-order valence-electron chi connectivity index (χ4n) is 4.52. The Kier molecular flexibility index (Phi) is 3.26. The third-order valence-electron chi connectivity index (χ3n) is 5.66. The predicted octanol–water partition coefficient (Wildman–Crippen LogP) is 2.39. The minimum Gasteiger partial charge on any atom is -0.338 e. The fraction of sp³-hybridized carbons (Fsp3) is 0.611. The fourth-order valence-corrected chi connectivity index (χ4v) is 4.52. The van der Waals surface area contributed by atoms with E-state index < -0.39 is 0 Å². The van der Waals surface area contributed by atoms with Crippen LogP contribution in [-0.2, 0) is 12.8 Å². The quantitative estimate of drug-likeness (QED) is 0.859. The maximum atomic E-state index is 13.0. The molecular formula is C18H24N2O. The summed E-state index contributed by atoms with van der Waals surface area (Å²) < 4.78 is 0. The van der Waals surface area contributed by atoms with Crippen molar-refractivity contribution in [2.24, 2.45) is 5.41 Å². The van der Waals surface area contributed by atoms with Crippen LogP contribution in [0, 0.1) is 5.41 Å². The van der Waals surface area contributed by atoms with Gasteiger partial charge in [-0.15, -0.1) is 0 Å². The molecule has 2 saturated heterocycles. The average molecular weight is 284 g/mol. The molecule has 3 heteroatoms. The van der Waals surface area contributed by atoms with Crippen LogP contribution in [0.15, 0.2) is 18.2 Å². The van der Waals surface area contributed by atoms with Gasteiger partial charge < -0.3 is 10.2 Å². The van der Waals surface area contributed by atoms with Gasteiger partial charge in [-0.05, 0) is 62.3 Å². The van der Waals surface area contributed by atoms with Gasteiger partial charge in [0.1, 0.15) is 0 Å². The molecule has 1 aromatic carbocycles. The topological polar surface area (TPSA) is 32.3 Å². The van der Waals surface area contributed by atoms with Crippen molar-refractivity contribution in [3.05, 3.63) is 34.9 Å². The number of benzene rings is 1. The molecule has 0 saturated carbocycles. The van der Waals surface area contributed by atoms with Crippen molar-refractivity contribution in [1.29, 1.82) is 0 Å². The molecule has 1 aromatic rings. The zero-order chi connectivity index (χ0) is 14.3. The number of nitrogens with zero attached hydrogens (tertiary/aromatic N) is 1. The summed E-state index contributed by atoms with van der Waals surface area (Å²) in [4.78, 5) is 15.1. The number of rotatable bonds is 1. The number of fused-ring (bicyclic) bond motifs is 1. The number of hydrogen-bond donors (Lipinski definition) is 1. The molecule has 1 aliphatic carbocycles. The van der Waals surface area contributed by atoms with E-state index in [4.69, 9.17) is 0 Å². The molecular weight excluding hydrogens is 260 g/mol. The van der Waals surface area contributed by atoms with Crippen LogP contribution >= 0.6 is 0 Å². The van der Waals surface area contributed by atoms with Crippen molar-refractivity contribution in [2.45, 2.75) is 38.5 Å². The third kappa shape index (κ3) is 2.28. The molecule has 3 aliphatic rings. The van der Waals surface area contributed by atoms with Gasteiger partial charge in [0.25, 0.3) is 5.91 Å². The molecule has 112 valence electrons. The molecule has 0 aromatic heterocycles. The molecule has 21 heavy (non-hydrogen) atoms. The number of piperidine rings is 1. The Hall–Kier alpha value is -1.35. The number of likely N-dealkylation sites (tertiary alicyclic amines) is 1. The standard InChI is InChI=1S/C18H24N2O/c21-17(16-7-2-5-14-4-1-6-15(14)16)20-11-3-8-18(13-20)9-10-19-12-18/h2,5,7,19H,1,3-4,6,8-13H2. The molecule has 2 heterocycles. The van der Waals surface area contributed by atoms with Crippen molar-refractivity contribution >= 4 is 5.91 Å². The minimum atomic E-state index is 0.278. The maximum absolute atomic E-state index is 13.0. The van der Waals surface area contributed by atoms with E-state index in [1.807, 2.05) is 6.07 Å². The molecule has 1 spiro atoms. The number of hydrogen-bond acceptors (Lipinski definition) is 2. The molecule has 0 radical (unpaired) electrons. The van der Waals surface area contributed by atoms with Gasteiger partial charge in [-0.25, -0.2) is 0 Å². The van der Waals surface area contributed by atoms with Gasteiger partial charge in [-0.2, -0.15) is 0 Å². The highest BCUT2D eigenvalue weighted by Crippen LogP contribution is 2.36. The number of aryl methyl sites for hydroxylation is 1. The van der Waals surface area contributed by atoms with Crippen molar-refractivity contribution in [3.8, 4) is 0 Å². The van der Waals surface area contributed by atoms with Gasteiger partial charge in [-0.3, -0.25) is 4.79 Å². The number of carbonyl (C=O) groups excluding carboxylic acids is 1. The van der Waals surface area contributed by atoms with Gasteiger partial charge in [0, 0.05) is 30.6 Å². The Morgan fingerprint density at radius 2 is 2.14 bits per heavy atom. The smallest absolute Gasteiger partial charge is 0.254 e. The Bertz CT molecular complexity index is 560. The van der Waals surface area contributed by atoms with E-state index in [0.717, 1.165) is 51.0 Å². The number of amides is 1. The van der Waals surface area contributed by atoms with Gasteiger partial charge in [0.2, 0.25) is 0 Å². The third-order valence-corrected chi connectivity index (χ3v) is 5.66. The highest BCUT2D eigenvalue weighted by atomic mass is 16.2. The SMILES string of the molecule is O=C(c1cccc2c1CCC2)N1CCCC2(CCNC2)C1. The first-order valence-corrected chi connectivity index (χ1v) is 8.38. The molecule has 0 bridgehead atoms. The molecule has 1 unspecified atom stereocenters. The zero-order valence-electron chi connectivity index (χ0n) is 12.7. The van der Waals surface area contributed by atoms with E-state index in [0.29, 0.717) is 5.41 Å². The first kappa shape index (κ1) is 13.3. The van der Waals surface area contributed by atoms with Crippen molar-refractivity contribution in [1.82, 2.24) is 10.2 Å². The lowest BCUT2D eigenvalue weighted by Crippen LogP contribution is -2.47. The van der Waals surface area contributed by atoms with E-state index in [1.54, 1.807) is 0 Å². The summed E-state index contributed by atoms with van der Waals surface area (Å²) in [7, 11) is 0. The Morgan fingerprint density at radius 1 is 1.19 bits per heavy atom. The molecule has 2 fully saturated rings. The Balaban J connectivity index is 1.59. The minimum absolute atomic E-state index is 0.278. The molecule has 1 atom stereocenters. The largest absolute Gasteiger partial charge is 0.338 e. The second-order valence-corrected chi connectivity index (χ2v) is 7.05. The number of nitrogens with one attached hydrogen (secondary N) is 1. The van der Waals surface area contributed by atoms with Crippen LogP contribution in [-0.4, -0.2) is 37.0 Å². The highest BCUT2D eigenvalue weighted by Gasteiger charge is 2.39. The van der Waals surface area contributed by atoms with Crippen LogP contribution in [0.2, 0.25) is 0 Å². The van der Waals surface area contributed by atoms with Crippen LogP contribution in [0.3, 0.4) is 0 Å². The lowest BCUT2D eigenvalue weighted by molar-refractivity contribution is 0.0552. The molecule has 4 rings (SSSR count). The second kappa shape index (κ2) is 5.13.